The highest BCUT2D eigenvalue weighted by molar-refractivity contribution is 5.23. The molecule has 2 N–H and O–H groups in total. The Balaban J connectivity index is 1.94. The van der Waals surface area contributed by atoms with Crippen LogP contribution in [0, 0.1) is 6.92 Å². The summed E-state index contributed by atoms with van der Waals surface area (Å²) < 4.78 is 7.75. The van der Waals surface area contributed by atoms with E-state index in [0.717, 1.165) is 24.9 Å². The molecule has 1 aliphatic carbocycles. The molecule has 1 saturated carbocycles. The van der Waals surface area contributed by atoms with Crippen LogP contribution in [0.1, 0.15) is 30.1 Å². The summed E-state index contributed by atoms with van der Waals surface area (Å²) in [6.45, 7) is 4.46. The van der Waals surface area contributed by atoms with E-state index in [2.05, 4.69) is 23.1 Å². The van der Waals surface area contributed by atoms with Crippen LogP contribution in [0.4, 0.5) is 0 Å². The van der Waals surface area contributed by atoms with Crippen LogP contribution in [0.15, 0.2) is 6.20 Å². The number of morpholine rings is 1. The Morgan fingerprint density at radius 2 is 2.28 bits per heavy atom. The van der Waals surface area contributed by atoms with Crippen LogP contribution in [0.5, 0.6) is 0 Å². The molecule has 0 bridgehead atoms. The first kappa shape index (κ1) is 12.1. The van der Waals surface area contributed by atoms with Crippen LogP contribution < -0.4 is 5.73 Å². The molecule has 5 heteroatoms. The molecule has 1 aromatic heterocycles. The third-order valence-corrected chi connectivity index (χ3v) is 4.01. The number of nitrogens with two attached hydrogens (primary N) is 1. The van der Waals surface area contributed by atoms with Crippen molar-refractivity contribution in [1.29, 1.82) is 0 Å². The van der Waals surface area contributed by atoms with Gasteiger partial charge in [-0.15, -0.1) is 0 Å². The van der Waals surface area contributed by atoms with E-state index in [1.165, 1.54) is 18.4 Å². The van der Waals surface area contributed by atoms with E-state index >= 15 is 0 Å². The standard InChI is InChI=1S/C13H22N4O/c1-9-11(8-16(2)15-9)13-12(7-14)18-6-5-17(13)10-3-4-10/h8,10,12-13H,3-7,14H2,1-2H3. The summed E-state index contributed by atoms with van der Waals surface area (Å²) in [4.78, 5) is 2.57. The molecular formula is C13H22N4O. The molecule has 0 spiro atoms. The second-order valence-electron chi connectivity index (χ2n) is 5.40. The number of aromatic nitrogens is 2. The zero-order valence-electron chi connectivity index (χ0n) is 11.2. The Labute approximate surface area is 108 Å². The number of ether oxygens (including phenoxy) is 1. The van der Waals surface area contributed by atoms with Gasteiger partial charge in [-0.1, -0.05) is 0 Å². The molecule has 18 heavy (non-hydrogen) atoms. The van der Waals surface area contributed by atoms with E-state index < -0.39 is 0 Å². The largest absolute Gasteiger partial charge is 0.374 e. The van der Waals surface area contributed by atoms with Gasteiger partial charge >= 0.3 is 0 Å². The molecule has 5 nitrogen and oxygen atoms in total. The van der Waals surface area contributed by atoms with E-state index in [1.54, 1.807) is 0 Å². The van der Waals surface area contributed by atoms with Crippen molar-refractivity contribution >= 4 is 0 Å². The summed E-state index contributed by atoms with van der Waals surface area (Å²) in [7, 11) is 1.97. The predicted molar refractivity (Wildman–Crippen MR) is 69.2 cm³/mol. The Morgan fingerprint density at radius 3 is 2.83 bits per heavy atom. The molecule has 0 amide bonds. The van der Waals surface area contributed by atoms with Crippen LogP contribution >= 0.6 is 0 Å². The van der Waals surface area contributed by atoms with Gasteiger partial charge in [0.2, 0.25) is 0 Å². The summed E-state index contributed by atoms with van der Waals surface area (Å²) in [6, 6.07) is 1.01. The number of hydrogen-bond acceptors (Lipinski definition) is 4. The van der Waals surface area contributed by atoms with Crippen LogP contribution in [0.25, 0.3) is 0 Å². The third-order valence-electron chi connectivity index (χ3n) is 4.01. The minimum absolute atomic E-state index is 0.0993. The van der Waals surface area contributed by atoms with Gasteiger partial charge in [0.25, 0.3) is 0 Å². The zero-order valence-corrected chi connectivity index (χ0v) is 11.2. The van der Waals surface area contributed by atoms with Gasteiger partial charge in [0.1, 0.15) is 0 Å². The van der Waals surface area contributed by atoms with E-state index in [4.69, 9.17) is 10.5 Å². The predicted octanol–water partition coefficient (Wildman–Crippen LogP) is 0.592. The fraction of sp³-hybridized carbons (Fsp3) is 0.769. The minimum atomic E-state index is 0.0993. The van der Waals surface area contributed by atoms with Crippen molar-refractivity contribution in [2.45, 2.75) is 38.0 Å². The topological polar surface area (TPSA) is 56.3 Å². The maximum Gasteiger partial charge on any atom is 0.0895 e. The summed E-state index contributed by atoms with van der Waals surface area (Å²) in [5.41, 5.74) is 8.26. The number of rotatable bonds is 3. The van der Waals surface area contributed by atoms with Crippen molar-refractivity contribution in [3.8, 4) is 0 Å². The van der Waals surface area contributed by atoms with Crippen molar-refractivity contribution in [2.75, 3.05) is 19.7 Å². The monoisotopic (exact) mass is 250 g/mol. The lowest BCUT2D eigenvalue weighted by Gasteiger charge is -2.41. The van der Waals surface area contributed by atoms with Gasteiger partial charge < -0.3 is 10.5 Å². The Morgan fingerprint density at radius 1 is 1.50 bits per heavy atom. The molecule has 2 aliphatic rings. The quantitative estimate of drug-likeness (QED) is 0.853. The van der Waals surface area contributed by atoms with Crippen LogP contribution in [-0.2, 0) is 11.8 Å². The van der Waals surface area contributed by atoms with Gasteiger partial charge in [-0.05, 0) is 19.8 Å². The lowest BCUT2D eigenvalue weighted by Crippen LogP contribution is -2.49. The smallest absolute Gasteiger partial charge is 0.0895 e. The Bertz CT molecular complexity index is 427. The van der Waals surface area contributed by atoms with Gasteiger partial charge in [0.05, 0.1) is 24.4 Å². The maximum absolute atomic E-state index is 5.89. The number of hydrogen-bond donors (Lipinski definition) is 1. The molecule has 1 aromatic rings. The van der Waals surface area contributed by atoms with Gasteiger partial charge in [-0.2, -0.15) is 5.10 Å². The van der Waals surface area contributed by atoms with Crippen LogP contribution in [0.2, 0.25) is 0 Å². The highest BCUT2D eigenvalue weighted by Crippen LogP contribution is 2.39. The molecular weight excluding hydrogens is 228 g/mol. The highest BCUT2D eigenvalue weighted by Gasteiger charge is 2.41. The highest BCUT2D eigenvalue weighted by atomic mass is 16.5. The van der Waals surface area contributed by atoms with Crippen molar-refractivity contribution in [3.05, 3.63) is 17.5 Å². The molecule has 1 aliphatic heterocycles. The van der Waals surface area contributed by atoms with E-state index in [0.29, 0.717) is 6.54 Å². The van der Waals surface area contributed by atoms with Crippen molar-refractivity contribution in [1.82, 2.24) is 14.7 Å². The van der Waals surface area contributed by atoms with Gasteiger partial charge in [0.15, 0.2) is 0 Å². The first-order chi connectivity index (χ1) is 8.70. The SMILES string of the molecule is Cc1nn(C)cc1C1C(CN)OCCN1C1CC1. The average molecular weight is 250 g/mol. The van der Waals surface area contributed by atoms with Crippen molar-refractivity contribution < 1.29 is 4.74 Å². The first-order valence-corrected chi connectivity index (χ1v) is 6.78. The summed E-state index contributed by atoms with van der Waals surface area (Å²) in [5.74, 6) is 0. The van der Waals surface area contributed by atoms with Crippen LogP contribution in [0.3, 0.4) is 0 Å². The first-order valence-electron chi connectivity index (χ1n) is 6.78. The molecule has 3 rings (SSSR count). The molecule has 2 heterocycles. The van der Waals surface area contributed by atoms with E-state index in [9.17, 15) is 0 Å². The lowest BCUT2D eigenvalue weighted by atomic mass is 9.98. The number of nitrogens with zero attached hydrogens (tertiary/aromatic N) is 3. The van der Waals surface area contributed by atoms with Crippen LogP contribution in [-0.4, -0.2) is 46.5 Å². The maximum atomic E-state index is 5.89. The zero-order chi connectivity index (χ0) is 12.7. The normalized spacial score (nSPS) is 29.7. The van der Waals surface area contributed by atoms with Crippen molar-refractivity contribution in [2.24, 2.45) is 12.8 Å². The molecule has 0 radical (unpaired) electrons. The van der Waals surface area contributed by atoms with Gasteiger partial charge in [-0.3, -0.25) is 9.58 Å². The van der Waals surface area contributed by atoms with Crippen molar-refractivity contribution in [3.63, 3.8) is 0 Å². The minimum Gasteiger partial charge on any atom is -0.374 e. The Kier molecular flexibility index (Phi) is 3.13. The van der Waals surface area contributed by atoms with Gasteiger partial charge in [-0.25, -0.2) is 0 Å². The second kappa shape index (κ2) is 4.64. The third kappa shape index (κ3) is 2.06. The molecule has 100 valence electrons. The fourth-order valence-electron chi connectivity index (χ4n) is 3.05. The number of aryl methyl sites for hydroxylation is 2. The molecule has 2 fully saturated rings. The Hall–Kier alpha value is -0.910. The van der Waals surface area contributed by atoms with E-state index in [-0.39, 0.29) is 12.1 Å². The van der Waals surface area contributed by atoms with Gasteiger partial charge in [0, 0.05) is 37.9 Å². The average Bonchev–Trinajstić information content (AvgIpc) is 3.14. The summed E-state index contributed by atoms with van der Waals surface area (Å²) in [6.07, 6.45) is 4.84. The summed E-state index contributed by atoms with van der Waals surface area (Å²) in [5, 5.41) is 4.46. The fourth-order valence-corrected chi connectivity index (χ4v) is 3.05. The lowest BCUT2D eigenvalue weighted by molar-refractivity contribution is -0.0714. The van der Waals surface area contributed by atoms with E-state index in [1.807, 2.05) is 11.7 Å². The molecule has 2 atom stereocenters. The molecule has 1 saturated heterocycles. The molecule has 2 unspecified atom stereocenters. The molecule has 0 aromatic carbocycles. The summed E-state index contributed by atoms with van der Waals surface area (Å²) >= 11 is 0. The second-order valence-corrected chi connectivity index (χ2v) is 5.40.